The van der Waals surface area contributed by atoms with Crippen molar-refractivity contribution in [1.82, 2.24) is 5.32 Å². The number of hydrogen-bond acceptors (Lipinski definition) is 3. The Kier molecular flexibility index (Phi) is 4.86. The number of amides is 2. The van der Waals surface area contributed by atoms with Gasteiger partial charge in [-0.25, -0.2) is 4.79 Å². The van der Waals surface area contributed by atoms with Gasteiger partial charge in [-0.15, -0.1) is 0 Å². The summed E-state index contributed by atoms with van der Waals surface area (Å²) in [5.41, 5.74) is 0.281. The molecular weight excluding hydrogens is 236 g/mol. The molecule has 0 saturated heterocycles. The maximum atomic E-state index is 11.5. The van der Waals surface area contributed by atoms with E-state index in [4.69, 9.17) is 5.11 Å². The molecule has 0 fully saturated rings. The van der Waals surface area contributed by atoms with E-state index in [1.165, 1.54) is 19.1 Å². The van der Waals surface area contributed by atoms with Gasteiger partial charge in [0.05, 0.1) is 11.3 Å². The number of carbonyl (C=O) groups is 3. The van der Waals surface area contributed by atoms with Gasteiger partial charge in [0.1, 0.15) is 0 Å². The fraction of sp³-hybridized carbons (Fsp3) is 0.250. The molecule has 6 nitrogen and oxygen atoms in total. The molecule has 96 valence electrons. The van der Waals surface area contributed by atoms with Crippen molar-refractivity contribution in [3.05, 3.63) is 29.8 Å². The summed E-state index contributed by atoms with van der Waals surface area (Å²) in [7, 11) is 0. The molecule has 6 heteroatoms. The predicted molar refractivity (Wildman–Crippen MR) is 65.3 cm³/mol. The molecule has 0 radical (unpaired) electrons. The van der Waals surface area contributed by atoms with Gasteiger partial charge in [0.15, 0.2) is 0 Å². The lowest BCUT2D eigenvalue weighted by atomic mass is 10.2. The Morgan fingerprint density at radius 1 is 1.22 bits per heavy atom. The van der Waals surface area contributed by atoms with E-state index in [1.807, 2.05) is 0 Å². The van der Waals surface area contributed by atoms with Crippen LogP contribution in [0.25, 0.3) is 0 Å². The van der Waals surface area contributed by atoms with E-state index >= 15 is 0 Å². The van der Waals surface area contributed by atoms with E-state index in [1.54, 1.807) is 12.1 Å². The molecule has 0 bridgehead atoms. The zero-order chi connectivity index (χ0) is 13.5. The second-order valence-corrected chi connectivity index (χ2v) is 3.63. The molecule has 3 N–H and O–H groups in total. The second kappa shape index (κ2) is 6.39. The van der Waals surface area contributed by atoms with E-state index in [0.29, 0.717) is 0 Å². The van der Waals surface area contributed by atoms with E-state index < -0.39 is 5.97 Å². The Bertz CT molecular complexity index is 471. The third-order valence-electron chi connectivity index (χ3n) is 2.16. The maximum absolute atomic E-state index is 11.5. The highest BCUT2D eigenvalue weighted by molar-refractivity contribution is 6.00. The van der Waals surface area contributed by atoms with Crippen molar-refractivity contribution in [2.75, 3.05) is 11.9 Å². The summed E-state index contributed by atoms with van der Waals surface area (Å²) < 4.78 is 0. The quantitative estimate of drug-likeness (QED) is 0.721. The van der Waals surface area contributed by atoms with Gasteiger partial charge in [0.25, 0.3) is 0 Å². The van der Waals surface area contributed by atoms with E-state index in [0.717, 1.165) is 0 Å². The minimum Gasteiger partial charge on any atom is -0.478 e. The number of carboxylic acid groups (broad SMARTS) is 1. The Hall–Kier alpha value is -2.37. The molecule has 0 saturated carbocycles. The number of carboxylic acids is 1. The fourth-order valence-electron chi connectivity index (χ4n) is 1.34. The molecule has 0 aromatic heterocycles. The zero-order valence-corrected chi connectivity index (χ0v) is 9.90. The Balaban J connectivity index is 2.59. The molecule has 2 amide bonds. The fourth-order valence-corrected chi connectivity index (χ4v) is 1.34. The van der Waals surface area contributed by atoms with Crippen LogP contribution in [0.15, 0.2) is 24.3 Å². The zero-order valence-electron chi connectivity index (χ0n) is 9.90. The monoisotopic (exact) mass is 250 g/mol. The maximum Gasteiger partial charge on any atom is 0.337 e. The van der Waals surface area contributed by atoms with E-state index in [-0.39, 0.29) is 36.0 Å². The minimum atomic E-state index is -1.10. The Morgan fingerprint density at radius 2 is 1.89 bits per heavy atom. The number of benzene rings is 1. The number of aromatic carboxylic acids is 1. The molecule has 0 atom stereocenters. The molecular formula is C12H14N2O4. The Morgan fingerprint density at radius 3 is 2.50 bits per heavy atom. The lowest BCUT2D eigenvalue weighted by Crippen LogP contribution is -2.25. The summed E-state index contributed by atoms with van der Waals surface area (Å²) >= 11 is 0. The van der Waals surface area contributed by atoms with Gasteiger partial charge < -0.3 is 15.7 Å². The normalized spacial score (nSPS) is 9.61. The number of hydrogen-bond donors (Lipinski definition) is 3. The lowest BCUT2D eigenvalue weighted by Gasteiger charge is -2.08. The Labute approximate surface area is 104 Å². The molecule has 0 aliphatic carbocycles. The highest BCUT2D eigenvalue weighted by Crippen LogP contribution is 2.14. The number of para-hydroxylation sites is 1. The van der Waals surface area contributed by atoms with Crippen molar-refractivity contribution < 1.29 is 19.5 Å². The van der Waals surface area contributed by atoms with Crippen LogP contribution in [0.4, 0.5) is 5.69 Å². The number of carbonyl (C=O) groups excluding carboxylic acids is 2. The van der Waals surface area contributed by atoms with Crippen LogP contribution >= 0.6 is 0 Å². The first-order valence-corrected chi connectivity index (χ1v) is 5.37. The summed E-state index contributed by atoms with van der Waals surface area (Å²) in [5.74, 6) is -1.67. The van der Waals surface area contributed by atoms with Crippen LogP contribution in [0.3, 0.4) is 0 Å². The molecule has 18 heavy (non-hydrogen) atoms. The SMILES string of the molecule is CC(=O)NCCC(=O)Nc1ccccc1C(=O)O. The molecule has 1 rings (SSSR count). The van der Waals surface area contributed by atoms with E-state index in [9.17, 15) is 14.4 Å². The van der Waals surface area contributed by atoms with Gasteiger partial charge in [-0.05, 0) is 12.1 Å². The summed E-state index contributed by atoms with van der Waals surface area (Å²) in [4.78, 5) is 33.0. The standard InChI is InChI=1S/C12H14N2O4/c1-8(15)13-7-6-11(16)14-10-5-3-2-4-9(10)12(17)18/h2-5H,6-7H2,1H3,(H,13,15)(H,14,16)(H,17,18). The average molecular weight is 250 g/mol. The van der Waals surface area contributed by atoms with Crippen molar-refractivity contribution >= 4 is 23.5 Å². The summed E-state index contributed by atoms with van der Waals surface area (Å²) in [5, 5.41) is 13.9. The number of anilines is 1. The minimum absolute atomic E-state index is 0.0328. The van der Waals surface area contributed by atoms with Crippen molar-refractivity contribution in [2.24, 2.45) is 0 Å². The first-order valence-electron chi connectivity index (χ1n) is 5.37. The van der Waals surface area contributed by atoms with Gasteiger partial charge in [0, 0.05) is 19.9 Å². The van der Waals surface area contributed by atoms with Gasteiger partial charge >= 0.3 is 5.97 Å². The topological polar surface area (TPSA) is 95.5 Å². The third kappa shape index (κ3) is 4.25. The molecule has 0 spiro atoms. The van der Waals surface area contributed by atoms with Crippen molar-refractivity contribution in [3.8, 4) is 0 Å². The second-order valence-electron chi connectivity index (χ2n) is 3.63. The summed E-state index contributed by atoms with van der Waals surface area (Å²) in [6.07, 6.45) is 0.0908. The van der Waals surface area contributed by atoms with Crippen LogP contribution in [-0.4, -0.2) is 29.4 Å². The van der Waals surface area contributed by atoms with Crippen LogP contribution in [0.2, 0.25) is 0 Å². The highest BCUT2D eigenvalue weighted by Gasteiger charge is 2.11. The van der Waals surface area contributed by atoms with Gasteiger partial charge in [-0.2, -0.15) is 0 Å². The molecule has 0 aliphatic rings. The number of nitrogens with one attached hydrogen (secondary N) is 2. The van der Waals surface area contributed by atoms with Crippen molar-refractivity contribution in [2.45, 2.75) is 13.3 Å². The van der Waals surface area contributed by atoms with Gasteiger partial charge in [0.2, 0.25) is 11.8 Å². The van der Waals surface area contributed by atoms with Crippen LogP contribution in [0, 0.1) is 0 Å². The molecule has 0 unspecified atom stereocenters. The summed E-state index contributed by atoms with van der Waals surface area (Å²) in [6, 6.07) is 6.14. The molecule has 0 heterocycles. The number of rotatable bonds is 5. The van der Waals surface area contributed by atoms with Gasteiger partial charge in [-0.1, -0.05) is 12.1 Å². The van der Waals surface area contributed by atoms with Gasteiger partial charge in [-0.3, -0.25) is 9.59 Å². The third-order valence-corrected chi connectivity index (χ3v) is 2.16. The first-order chi connectivity index (χ1) is 8.50. The van der Waals surface area contributed by atoms with Crippen molar-refractivity contribution in [1.29, 1.82) is 0 Å². The van der Waals surface area contributed by atoms with Crippen LogP contribution < -0.4 is 10.6 Å². The molecule has 1 aromatic carbocycles. The smallest absolute Gasteiger partial charge is 0.337 e. The average Bonchev–Trinajstić information content (AvgIpc) is 2.28. The molecule has 0 aliphatic heterocycles. The van der Waals surface area contributed by atoms with Crippen LogP contribution in [-0.2, 0) is 9.59 Å². The molecule has 1 aromatic rings. The largest absolute Gasteiger partial charge is 0.478 e. The van der Waals surface area contributed by atoms with Crippen molar-refractivity contribution in [3.63, 3.8) is 0 Å². The lowest BCUT2D eigenvalue weighted by molar-refractivity contribution is -0.119. The first kappa shape index (κ1) is 13.7. The predicted octanol–water partition coefficient (Wildman–Crippen LogP) is 0.849. The van der Waals surface area contributed by atoms with E-state index in [2.05, 4.69) is 10.6 Å². The van der Waals surface area contributed by atoms with Crippen LogP contribution in [0.1, 0.15) is 23.7 Å². The van der Waals surface area contributed by atoms with Crippen LogP contribution in [0.5, 0.6) is 0 Å². The highest BCUT2D eigenvalue weighted by atomic mass is 16.4. The summed E-state index contributed by atoms with van der Waals surface area (Å²) in [6.45, 7) is 1.58.